The third kappa shape index (κ3) is 7.79. The van der Waals surface area contributed by atoms with E-state index in [-0.39, 0.29) is 0 Å². The van der Waals surface area contributed by atoms with Crippen LogP contribution in [0.1, 0.15) is 33.1 Å². The predicted molar refractivity (Wildman–Crippen MR) is 58.8 cm³/mol. The maximum absolute atomic E-state index is 5.13. The Morgan fingerprint density at radius 1 is 1.31 bits per heavy atom. The molecule has 0 rings (SSSR count). The molecule has 0 radical (unpaired) electrons. The highest BCUT2D eigenvalue weighted by molar-refractivity contribution is 4.92. The molecule has 1 unspecified atom stereocenters. The number of methoxy groups -OCH3 is 1. The Morgan fingerprint density at radius 2 is 2.08 bits per heavy atom. The lowest BCUT2D eigenvalue weighted by Gasteiger charge is -2.07. The summed E-state index contributed by atoms with van der Waals surface area (Å²) in [7, 11) is 1.76. The maximum atomic E-state index is 5.13. The Hall–Kier alpha value is -0.560. The number of allylic oxidation sites excluding steroid dienone is 3. The van der Waals surface area contributed by atoms with Gasteiger partial charge in [0.25, 0.3) is 0 Å². The van der Waals surface area contributed by atoms with Crippen molar-refractivity contribution in [1.29, 1.82) is 0 Å². The molecular formula is C12H22O. The molecular weight excluding hydrogens is 160 g/mol. The zero-order chi connectivity index (χ0) is 9.94. The fraction of sp³-hybridized carbons (Fsp3) is 0.667. The summed E-state index contributed by atoms with van der Waals surface area (Å²) in [6, 6.07) is 0. The standard InChI is InChI=1S/C12H22O/c1-4-6-7-8-10-12(9-5-2)11-13-3/h5,7-9,12H,4,6,10-11H2,1-3H3/b8-7-,9-5-. The van der Waals surface area contributed by atoms with E-state index < -0.39 is 0 Å². The van der Waals surface area contributed by atoms with E-state index in [4.69, 9.17) is 4.74 Å². The van der Waals surface area contributed by atoms with Gasteiger partial charge in [-0.05, 0) is 19.8 Å². The van der Waals surface area contributed by atoms with E-state index in [2.05, 4.69) is 38.2 Å². The van der Waals surface area contributed by atoms with Crippen LogP contribution in [0.25, 0.3) is 0 Å². The Morgan fingerprint density at radius 3 is 2.62 bits per heavy atom. The van der Waals surface area contributed by atoms with Gasteiger partial charge in [0.2, 0.25) is 0 Å². The number of hydrogen-bond acceptors (Lipinski definition) is 1. The average Bonchev–Trinajstić information content (AvgIpc) is 2.13. The first-order valence-corrected chi connectivity index (χ1v) is 5.11. The van der Waals surface area contributed by atoms with Crippen LogP contribution in [0.5, 0.6) is 0 Å². The summed E-state index contributed by atoms with van der Waals surface area (Å²) in [6.45, 7) is 5.07. The van der Waals surface area contributed by atoms with Gasteiger partial charge in [0.1, 0.15) is 0 Å². The highest BCUT2D eigenvalue weighted by Gasteiger charge is 1.99. The Kier molecular flexibility index (Phi) is 9.12. The van der Waals surface area contributed by atoms with Gasteiger partial charge < -0.3 is 4.74 Å². The second kappa shape index (κ2) is 9.53. The third-order valence-electron chi connectivity index (χ3n) is 1.91. The van der Waals surface area contributed by atoms with Gasteiger partial charge in [-0.1, -0.05) is 37.6 Å². The van der Waals surface area contributed by atoms with Gasteiger partial charge in [-0.2, -0.15) is 0 Å². The quantitative estimate of drug-likeness (QED) is 0.547. The number of ether oxygens (including phenoxy) is 1. The highest BCUT2D eigenvalue weighted by atomic mass is 16.5. The van der Waals surface area contributed by atoms with Gasteiger partial charge in [0, 0.05) is 13.0 Å². The van der Waals surface area contributed by atoms with E-state index in [9.17, 15) is 0 Å². The van der Waals surface area contributed by atoms with E-state index in [0.717, 1.165) is 13.0 Å². The van der Waals surface area contributed by atoms with E-state index in [1.165, 1.54) is 12.8 Å². The van der Waals surface area contributed by atoms with Crippen molar-refractivity contribution >= 4 is 0 Å². The monoisotopic (exact) mass is 182 g/mol. The van der Waals surface area contributed by atoms with Crippen molar-refractivity contribution in [2.75, 3.05) is 13.7 Å². The van der Waals surface area contributed by atoms with Gasteiger partial charge in [-0.3, -0.25) is 0 Å². The minimum Gasteiger partial charge on any atom is -0.384 e. The Labute approximate surface area is 82.5 Å². The topological polar surface area (TPSA) is 9.23 Å². The van der Waals surface area contributed by atoms with E-state index in [1.807, 2.05) is 0 Å². The Bertz CT molecular complexity index is 147. The SMILES string of the molecule is C/C=C\C(C/C=C\CCC)COC. The van der Waals surface area contributed by atoms with Crippen molar-refractivity contribution in [3.63, 3.8) is 0 Å². The van der Waals surface area contributed by atoms with Crippen molar-refractivity contribution in [1.82, 2.24) is 0 Å². The fourth-order valence-electron chi connectivity index (χ4n) is 1.24. The summed E-state index contributed by atoms with van der Waals surface area (Å²) in [5.74, 6) is 0.545. The van der Waals surface area contributed by atoms with Gasteiger partial charge in [-0.15, -0.1) is 0 Å². The van der Waals surface area contributed by atoms with Crippen LogP contribution in [0.3, 0.4) is 0 Å². The molecule has 0 saturated heterocycles. The normalized spacial score (nSPS) is 14.4. The van der Waals surface area contributed by atoms with Crippen LogP contribution in [0.15, 0.2) is 24.3 Å². The van der Waals surface area contributed by atoms with Gasteiger partial charge in [0.15, 0.2) is 0 Å². The van der Waals surface area contributed by atoms with Crippen LogP contribution in [-0.4, -0.2) is 13.7 Å². The van der Waals surface area contributed by atoms with Crippen molar-refractivity contribution in [3.8, 4) is 0 Å². The van der Waals surface area contributed by atoms with Crippen LogP contribution in [0, 0.1) is 5.92 Å². The molecule has 0 spiro atoms. The van der Waals surface area contributed by atoms with Gasteiger partial charge >= 0.3 is 0 Å². The lowest BCUT2D eigenvalue weighted by molar-refractivity contribution is 0.171. The summed E-state index contributed by atoms with van der Waals surface area (Å²) in [6.07, 6.45) is 12.3. The fourth-order valence-corrected chi connectivity index (χ4v) is 1.24. The number of unbranched alkanes of at least 4 members (excludes halogenated alkanes) is 1. The van der Waals surface area contributed by atoms with Crippen LogP contribution >= 0.6 is 0 Å². The first-order valence-electron chi connectivity index (χ1n) is 5.11. The molecule has 0 aliphatic heterocycles. The number of hydrogen-bond donors (Lipinski definition) is 0. The van der Waals surface area contributed by atoms with E-state index >= 15 is 0 Å². The van der Waals surface area contributed by atoms with Crippen LogP contribution in [0.4, 0.5) is 0 Å². The molecule has 1 heteroatoms. The minimum atomic E-state index is 0.545. The zero-order valence-corrected chi connectivity index (χ0v) is 9.12. The first-order chi connectivity index (χ1) is 6.35. The molecule has 76 valence electrons. The summed E-state index contributed by atoms with van der Waals surface area (Å²) in [4.78, 5) is 0. The van der Waals surface area contributed by atoms with Crippen LogP contribution in [-0.2, 0) is 4.74 Å². The van der Waals surface area contributed by atoms with Crippen LogP contribution in [0.2, 0.25) is 0 Å². The number of rotatable bonds is 7. The summed E-state index contributed by atoms with van der Waals surface area (Å²) < 4.78 is 5.13. The van der Waals surface area contributed by atoms with Crippen molar-refractivity contribution < 1.29 is 4.74 Å². The Balaban J connectivity index is 3.67. The second-order valence-electron chi connectivity index (χ2n) is 3.24. The third-order valence-corrected chi connectivity index (χ3v) is 1.91. The lowest BCUT2D eigenvalue weighted by Crippen LogP contribution is -2.03. The molecule has 0 fully saturated rings. The lowest BCUT2D eigenvalue weighted by atomic mass is 10.1. The maximum Gasteiger partial charge on any atom is 0.0527 e. The molecule has 0 aromatic heterocycles. The second-order valence-corrected chi connectivity index (χ2v) is 3.24. The molecule has 0 heterocycles. The minimum absolute atomic E-state index is 0.545. The molecule has 0 aromatic carbocycles. The van der Waals surface area contributed by atoms with Crippen molar-refractivity contribution in [2.24, 2.45) is 5.92 Å². The molecule has 0 aliphatic rings. The summed E-state index contributed by atoms with van der Waals surface area (Å²) in [5, 5.41) is 0. The molecule has 0 amide bonds. The highest BCUT2D eigenvalue weighted by Crippen LogP contribution is 2.07. The predicted octanol–water partition coefficient (Wildman–Crippen LogP) is 3.57. The van der Waals surface area contributed by atoms with Gasteiger partial charge in [-0.25, -0.2) is 0 Å². The molecule has 0 aromatic rings. The zero-order valence-electron chi connectivity index (χ0n) is 9.12. The first kappa shape index (κ1) is 12.4. The van der Waals surface area contributed by atoms with Gasteiger partial charge in [0.05, 0.1) is 6.61 Å². The van der Waals surface area contributed by atoms with Crippen LogP contribution < -0.4 is 0 Å². The molecule has 1 nitrogen and oxygen atoms in total. The van der Waals surface area contributed by atoms with E-state index in [0.29, 0.717) is 5.92 Å². The molecule has 13 heavy (non-hydrogen) atoms. The molecule has 0 saturated carbocycles. The molecule has 0 N–H and O–H groups in total. The smallest absolute Gasteiger partial charge is 0.0527 e. The molecule has 0 aliphatic carbocycles. The van der Waals surface area contributed by atoms with Crippen molar-refractivity contribution in [3.05, 3.63) is 24.3 Å². The largest absolute Gasteiger partial charge is 0.384 e. The summed E-state index contributed by atoms with van der Waals surface area (Å²) >= 11 is 0. The van der Waals surface area contributed by atoms with E-state index in [1.54, 1.807) is 7.11 Å². The average molecular weight is 182 g/mol. The summed E-state index contributed by atoms with van der Waals surface area (Å²) in [5.41, 5.74) is 0. The molecule has 1 atom stereocenters. The van der Waals surface area contributed by atoms with Crippen molar-refractivity contribution in [2.45, 2.75) is 33.1 Å². The molecule has 0 bridgehead atoms.